The number of carbonyl (C=O) groups excluding carboxylic acids is 2. The number of esters is 2. The monoisotopic (exact) mass is 303 g/mol. The van der Waals surface area contributed by atoms with Gasteiger partial charge in [-0.1, -0.05) is 13.8 Å². The first kappa shape index (κ1) is 17.7. The zero-order valence-electron chi connectivity index (χ0n) is 10.2. The van der Waals surface area contributed by atoms with Crippen LogP contribution in [0.15, 0.2) is 0 Å². The number of halogens is 2. The van der Waals surface area contributed by atoms with Crippen LogP contribution in [0.2, 0.25) is 0 Å². The van der Waals surface area contributed by atoms with Crippen LogP contribution in [0.4, 0.5) is 8.78 Å². The fourth-order valence-corrected chi connectivity index (χ4v) is 1.03. The lowest BCUT2D eigenvalue weighted by Gasteiger charge is -2.18. The van der Waals surface area contributed by atoms with Crippen molar-refractivity contribution in [2.75, 3.05) is 13.2 Å². The van der Waals surface area contributed by atoms with Gasteiger partial charge in [-0.15, -0.1) is 0 Å². The molecule has 0 aliphatic rings. The molecule has 0 N–H and O–H groups in total. The quantitative estimate of drug-likeness (QED) is 0.377. The van der Waals surface area contributed by atoms with Crippen molar-refractivity contribution >= 4 is 22.1 Å². The van der Waals surface area contributed by atoms with E-state index in [-0.39, 0.29) is 0 Å². The van der Waals surface area contributed by atoms with Crippen LogP contribution in [-0.4, -0.2) is 43.4 Å². The molecule has 112 valence electrons. The minimum atomic E-state index is -6.14. The van der Waals surface area contributed by atoms with Gasteiger partial charge in [0.25, 0.3) is 0 Å². The molecule has 0 aliphatic heterocycles. The van der Waals surface area contributed by atoms with Crippen LogP contribution < -0.4 is 0 Å². The van der Waals surface area contributed by atoms with Crippen molar-refractivity contribution in [1.29, 1.82) is 0 Å². The molecule has 0 heterocycles. The van der Waals surface area contributed by atoms with Gasteiger partial charge in [0.1, 0.15) is 13.2 Å². The van der Waals surface area contributed by atoms with Crippen LogP contribution in [0.3, 0.4) is 0 Å². The van der Waals surface area contributed by atoms with Crippen molar-refractivity contribution in [3.63, 3.8) is 0 Å². The van der Waals surface area contributed by atoms with E-state index in [0.717, 1.165) is 0 Å². The Hall–Kier alpha value is -1.29. The molecule has 1 unspecified atom stereocenters. The van der Waals surface area contributed by atoms with E-state index in [0.29, 0.717) is 6.42 Å². The molecule has 0 fully saturated rings. The molecule has 0 spiro atoms. The lowest BCUT2D eigenvalue weighted by atomic mass is 10.1. The molecule has 0 aliphatic carbocycles. The predicted molar refractivity (Wildman–Crippen MR) is 56.0 cm³/mol. The second-order valence-electron chi connectivity index (χ2n) is 3.58. The summed E-state index contributed by atoms with van der Waals surface area (Å²) < 4.78 is 63.8. The highest BCUT2D eigenvalue weighted by Gasteiger charge is 2.48. The van der Waals surface area contributed by atoms with E-state index in [1.54, 1.807) is 13.8 Å². The highest BCUT2D eigenvalue weighted by Crippen LogP contribution is 2.21. The van der Waals surface area contributed by atoms with E-state index in [9.17, 15) is 31.3 Å². The van der Waals surface area contributed by atoms with Crippen molar-refractivity contribution in [2.24, 2.45) is 5.92 Å². The number of hydrogen-bond donors (Lipinski definition) is 0. The summed E-state index contributed by atoms with van der Waals surface area (Å²) in [4.78, 5) is 21.8. The normalized spacial score (nSPS) is 13.7. The number of alkyl halides is 2. The summed E-state index contributed by atoms with van der Waals surface area (Å²) in [5.41, 5.74) is 0. The summed E-state index contributed by atoms with van der Waals surface area (Å²) in [6.07, 6.45) is 0.505. The molecule has 19 heavy (non-hydrogen) atoms. The van der Waals surface area contributed by atoms with Gasteiger partial charge in [-0.2, -0.15) is 8.78 Å². The zero-order valence-corrected chi connectivity index (χ0v) is 11.0. The molecule has 0 aromatic carbocycles. The van der Waals surface area contributed by atoms with Crippen molar-refractivity contribution in [3.05, 3.63) is 0 Å². The van der Waals surface area contributed by atoms with Crippen LogP contribution in [-0.2, 0) is 29.2 Å². The number of carbonyl (C=O) groups is 2. The smallest absolute Gasteiger partial charge is 0.428 e. The number of rotatable bonds is 7. The Labute approximate surface area is 108 Å². The van der Waals surface area contributed by atoms with Gasteiger partial charge in [0.2, 0.25) is 0 Å². The molecule has 0 saturated heterocycles. The fourth-order valence-electron chi connectivity index (χ4n) is 0.772. The van der Waals surface area contributed by atoms with Crippen LogP contribution in [0.1, 0.15) is 20.3 Å². The Balaban J connectivity index is 4.17. The van der Waals surface area contributed by atoms with Crippen molar-refractivity contribution in [1.82, 2.24) is 0 Å². The number of ether oxygens (including phenoxy) is 2. The van der Waals surface area contributed by atoms with Crippen LogP contribution in [0.25, 0.3) is 0 Å². The summed E-state index contributed by atoms with van der Waals surface area (Å²) in [6, 6.07) is 0. The molecular weight excluding hydrogens is 290 g/mol. The second kappa shape index (κ2) is 6.75. The van der Waals surface area contributed by atoms with Gasteiger partial charge in [-0.05, 0) is 6.42 Å². The van der Waals surface area contributed by atoms with Gasteiger partial charge in [-0.3, -0.25) is 4.79 Å². The summed E-state index contributed by atoms with van der Waals surface area (Å²) in [7, 11) is -6.14. The largest absolute Gasteiger partial charge is 0.743 e. The van der Waals surface area contributed by atoms with Crippen LogP contribution in [0, 0.1) is 5.92 Å². The van der Waals surface area contributed by atoms with Crippen molar-refractivity contribution < 1.29 is 40.8 Å². The third-order valence-electron chi connectivity index (χ3n) is 2.13. The second-order valence-corrected chi connectivity index (χ2v) is 5.00. The SMILES string of the molecule is CCC(C)C(=O)OCCOC(=O)C(F)(F)S(=O)(=O)[O-]. The highest BCUT2D eigenvalue weighted by atomic mass is 32.2. The lowest BCUT2D eigenvalue weighted by molar-refractivity contribution is -0.165. The molecule has 1 atom stereocenters. The first-order valence-electron chi connectivity index (χ1n) is 5.21. The Kier molecular flexibility index (Phi) is 6.30. The van der Waals surface area contributed by atoms with E-state index in [1.165, 1.54) is 0 Å². The standard InChI is InChI=1S/C9H14F2O7S/c1-3-6(2)7(12)17-4-5-18-8(13)9(10,11)19(14,15)16/h6H,3-5H2,1-2H3,(H,14,15,16)/p-1. The van der Waals surface area contributed by atoms with Gasteiger partial charge in [0.15, 0.2) is 10.1 Å². The predicted octanol–water partition coefficient (Wildman–Crippen LogP) is 0.257. The maximum absolute atomic E-state index is 12.6. The maximum atomic E-state index is 12.6. The first-order chi connectivity index (χ1) is 8.54. The molecule has 0 aromatic rings. The summed E-state index contributed by atoms with van der Waals surface area (Å²) in [5.74, 6) is -3.51. The van der Waals surface area contributed by atoms with E-state index in [1.807, 2.05) is 0 Å². The van der Waals surface area contributed by atoms with E-state index in [2.05, 4.69) is 9.47 Å². The van der Waals surface area contributed by atoms with Crippen molar-refractivity contribution in [3.8, 4) is 0 Å². The first-order valence-corrected chi connectivity index (χ1v) is 6.62. The summed E-state index contributed by atoms with van der Waals surface area (Å²) >= 11 is 0. The molecule has 0 radical (unpaired) electrons. The maximum Gasteiger partial charge on any atom is 0.428 e. The zero-order chi connectivity index (χ0) is 15.3. The summed E-state index contributed by atoms with van der Waals surface area (Å²) in [6.45, 7) is 2.02. The molecule has 10 heteroatoms. The minimum absolute atomic E-state index is 0.404. The Morgan fingerprint density at radius 1 is 1.26 bits per heavy atom. The molecule has 7 nitrogen and oxygen atoms in total. The minimum Gasteiger partial charge on any atom is -0.743 e. The van der Waals surface area contributed by atoms with Gasteiger partial charge in [0, 0.05) is 0 Å². The summed E-state index contributed by atoms with van der Waals surface area (Å²) in [5, 5.41) is -5.16. The molecule has 0 amide bonds. The Bertz CT molecular complexity index is 432. The molecule has 0 bridgehead atoms. The average molecular weight is 303 g/mol. The van der Waals surface area contributed by atoms with Gasteiger partial charge in [-0.25, -0.2) is 13.2 Å². The van der Waals surface area contributed by atoms with E-state index >= 15 is 0 Å². The molecular formula is C9H13F2O7S-. The highest BCUT2D eigenvalue weighted by molar-refractivity contribution is 7.87. The van der Waals surface area contributed by atoms with Gasteiger partial charge in [0.05, 0.1) is 5.92 Å². The van der Waals surface area contributed by atoms with Gasteiger partial charge >= 0.3 is 17.2 Å². The van der Waals surface area contributed by atoms with E-state index < -0.39 is 46.4 Å². The van der Waals surface area contributed by atoms with Crippen LogP contribution >= 0.6 is 0 Å². The lowest BCUT2D eigenvalue weighted by Crippen LogP contribution is -2.39. The fraction of sp³-hybridized carbons (Fsp3) is 0.778. The van der Waals surface area contributed by atoms with Gasteiger partial charge < -0.3 is 14.0 Å². The number of hydrogen-bond acceptors (Lipinski definition) is 7. The molecule has 0 saturated carbocycles. The average Bonchev–Trinajstić information content (AvgIpc) is 2.31. The van der Waals surface area contributed by atoms with Crippen LogP contribution in [0.5, 0.6) is 0 Å². The molecule has 0 aromatic heterocycles. The Morgan fingerprint density at radius 2 is 1.74 bits per heavy atom. The Morgan fingerprint density at radius 3 is 2.16 bits per heavy atom. The molecule has 0 rings (SSSR count). The topological polar surface area (TPSA) is 110 Å². The third kappa shape index (κ3) is 5.07. The third-order valence-corrected chi connectivity index (χ3v) is 2.92. The van der Waals surface area contributed by atoms with Crippen molar-refractivity contribution in [2.45, 2.75) is 25.5 Å². The van der Waals surface area contributed by atoms with E-state index in [4.69, 9.17) is 0 Å².